The number of carbonyl (C=O) groups excluding carboxylic acids is 3. The van der Waals surface area contributed by atoms with Gasteiger partial charge in [0.05, 0.1) is 42.7 Å². The number of amides is 3. The van der Waals surface area contributed by atoms with Crippen LogP contribution in [-0.2, 0) is 22.8 Å². The van der Waals surface area contributed by atoms with Gasteiger partial charge in [0.2, 0.25) is 11.8 Å². The summed E-state index contributed by atoms with van der Waals surface area (Å²) in [5.41, 5.74) is 0.334. The fourth-order valence-electron chi connectivity index (χ4n) is 8.77. The van der Waals surface area contributed by atoms with Gasteiger partial charge in [0.25, 0.3) is 5.91 Å². The summed E-state index contributed by atoms with van der Waals surface area (Å²) in [4.78, 5) is 63.6. The SMILES string of the molecule is CN(CC1CCC(c2nc3cc(F)c(NC(=O)c4cccc(C(F)(F)F)n4)cc3s2)CC1)C1CCN(c2ccc(Cl)c3c2n(C)c(=O)n3C2CCC(=O)NC2=O)CC1. The van der Waals surface area contributed by atoms with Gasteiger partial charge in [0, 0.05) is 51.1 Å². The maximum atomic E-state index is 15.0. The minimum Gasteiger partial charge on any atom is -0.370 e. The maximum absolute atomic E-state index is 15.0. The largest absolute Gasteiger partial charge is 0.433 e. The fraction of sp³-hybridized carbons (Fsp3) is 0.450. The van der Waals surface area contributed by atoms with Gasteiger partial charge in [-0.2, -0.15) is 13.2 Å². The third-order valence-electron chi connectivity index (χ3n) is 11.9. The van der Waals surface area contributed by atoms with Crippen LogP contribution in [-0.4, -0.2) is 74.4 Å². The molecule has 3 aromatic heterocycles. The number of hydrogen-bond acceptors (Lipinski definition) is 9. The molecule has 1 atom stereocenters. The van der Waals surface area contributed by atoms with Gasteiger partial charge in [0.15, 0.2) is 0 Å². The summed E-state index contributed by atoms with van der Waals surface area (Å²) in [6, 6.07) is 8.96. The molecule has 1 aliphatic carbocycles. The molecular formula is C40H41ClF4N8O4S. The van der Waals surface area contributed by atoms with Gasteiger partial charge in [0.1, 0.15) is 23.2 Å². The van der Waals surface area contributed by atoms with E-state index in [1.54, 1.807) is 17.7 Å². The first-order valence-electron chi connectivity index (χ1n) is 19.3. The molecule has 12 nitrogen and oxygen atoms in total. The summed E-state index contributed by atoms with van der Waals surface area (Å²) >= 11 is 8.12. The zero-order valence-corrected chi connectivity index (χ0v) is 33.3. The van der Waals surface area contributed by atoms with Crippen molar-refractivity contribution in [3.05, 3.63) is 80.2 Å². The molecule has 3 fully saturated rings. The van der Waals surface area contributed by atoms with Crippen LogP contribution in [0, 0.1) is 11.7 Å². The molecule has 2 saturated heterocycles. The van der Waals surface area contributed by atoms with Crippen molar-refractivity contribution < 1.29 is 31.9 Å². The normalized spacial score (nSPS) is 21.0. The lowest BCUT2D eigenvalue weighted by Crippen LogP contribution is -2.45. The second kappa shape index (κ2) is 15.7. The molecule has 0 radical (unpaired) electrons. The molecule has 2 aromatic carbocycles. The Kier molecular flexibility index (Phi) is 10.8. The van der Waals surface area contributed by atoms with Crippen LogP contribution in [0.15, 0.2) is 47.3 Å². The van der Waals surface area contributed by atoms with Crippen molar-refractivity contribution in [2.75, 3.05) is 36.9 Å². The molecule has 5 heterocycles. The van der Waals surface area contributed by atoms with Crippen LogP contribution in [0.5, 0.6) is 0 Å². The van der Waals surface area contributed by atoms with E-state index >= 15 is 4.39 Å². The van der Waals surface area contributed by atoms with Crippen molar-refractivity contribution in [2.24, 2.45) is 13.0 Å². The summed E-state index contributed by atoms with van der Waals surface area (Å²) in [5, 5.41) is 5.98. The maximum Gasteiger partial charge on any atom is 0.433 e. The van der Waals surface area contributed by atoms with E-state index in [9.17, 15) is 32.3 Å². The average Bonchev–Trinajstić information content (AvgIpc) is 3.72. The number of anilines is 2. The van der Waals surface area contributed by atoms with Crippen LogP contribution < -0.4 is 21.2 Å². The molecule has 2 N–H and O–H groups in total. The van der Waals surface area contributed by atoms with Crippen molar-refractivity contribution >= 4 is 73.3 Å². The van der Waals surface area contributed by atoms with Crippen LogP contribution in [0.4, 0.5) is 28.9 Å². The number of aromatic nitrogens is 4. The van der Waals surface area contributed by atoms with Gasteiger partial charge in [-0.3, -0.25) is 28.8 Å². The number of thiazole rings is 1. The van der Waals surface area contributed by atoms with Crippen LogP contribution in [0.25, 0.3) is 21.3 Å². The number of carbonyl (C=O) groups is 3. The number of rotatable bonds is 8. The van der Waals surface area contributed by atoms with Crippen molar-refractivity contribution in [1.82, 2.24) is 29.3 Å². The zero-order chi connectivity index (χ0) is 41.0. The minimum absolute atomic E-state index is 0.147. The Bertz CT molecular complexity index is 2490. The van der Waals surface area contributed by atoms with Crippen LogP contribution >= 0.6 is 22.9 Å². The van der Waals surface area contributed by atoms with Gasteiger partial charge in [-0.1, -0.05) is 17.7 Å². The van der Waals surface area contributed by atoms with E-state index in [0.29, 0.717) is 38.2 Å². The fourth-order valence-corrected chi connectivity index (χ4v) is 10.2. The van der Waals surface area contributed by atoms with E-state index in [-0.39, 0.29) is 36.0 Å². The Morgan fingerprint density at radius 1 is 1.00 bits per heavy atom. The highest BCUT2D eigenvalue weighted by atomic mass is 35.5. The third kappa shape index (κ3) is 7.71. The highest BCUT2D eigenvalue weighted by Gasteiger charge is 2.35. The Morgan fingerprint density at radius 3 is 2.45 bits per heavy atom. The highest BCUT2D eigenvalue weighted by molar-refractivity contribution is 7.18. The molecule has 3 amide bonds. The molecule has 306 valence electrons. The molecule has 5 aromatic rings. The summed E-state index contributed by atoms with van der Waals surface area (Å²) in [5.74, 6) is -1.81. The third-order valence-corrected chi connectivity index (χ3v) is 13.3. The number of hydrogen-bond donors (Lipinski definition) is 2. The number of alkyl halides is 3. The molecule has 18 heteroatoms. The first kappa shape index (κ1) is 39.9. The van der Waals surface area contributed by atoms with Gasteiger partial charge in [-0.05, 0) is 88.2 Å². The summed E-state index contributed by atoms with van der Waals surface area (Å²) < 4.78 is 58.0. The van der Waals surface area contributed by atoms with Crippen LogP contribution in [0.3, 0.4) is 0 Å². The van der Waals surface area contributed by atoms with E-state index in [2.05, 4.69) is 32.5 Å². The molecule has 0 spiro atoms. The Balaban J connectivity index is 0.866. The lowest BCUT2D eigenvalue weighted by Gasteiger charge is -2.40. The van der Waals surface area contributed by atoms with Crippen LogP contribution in [0.1, 0.15) is 84.5 Å². The van der Waals surface area contributed by atoms with E-state index in [1.165, 1.54) is 28.0 Å². The Labute approximate surface area is 339 Å². The number of nitrogens with zero attached hydrogens (tertiary/aromatic N) is 6. The van der Waals surface area contributed by atoms with Crippen molar-refractivity contribution in [2.45, 2.75) is 75.5 Å². The molecule has 1 saturated carbocycles. The predicted molar refractivity (Wildman–Crippen MR) is 213 cm³/mol. The number of imidazole rings is 1. The second-order valence-electron chi connectivity index (χ2n) is 15.5. The Morgan fingerprint density at radius 2 is 1.74 bits per heavy atom. The van der Waals surface area contributed by atoms with E-state index in [0.717, 1.165) is 87.1 Å². The average molecular weight is 841 g/mol. The molecule has 58 heavy (non-hydrogen) atoms. The number of aryl methyl sites for hydroxylation is 1. The molecule has 1 unspecified atom stereocenters. The number of imide groups is 1. The quantitative estimate of drug-likeness (QED) is 0.123. The Hall–Kier alpha value is -4.87. The topological polar surface area (TPSA) is 134 Å². The number of benzene rings is 2. The summed E-state index contributed by atoms with van der Waals surface area (Å²) in [6.45, 7) is 2.52. The standard InChI is InChI=1S/C40H41ClF4N8O4S/c1-50(23-14-16-52(17-15-23)29-11-10-24(41)34-35(29)51(2)39(57)53(34)30-12-13-33(54)49-37(30)56)20-21-6-8-22(9-7-21)38-48-28-18-25(42)27(19-31(28)58-38)47-36(55)26-4-3-5-32(46-26)40(43,44)45/h3-5,10-11,18-19,21-23,30H,6-9,12-17,20H2,1-2H3,(H,47,55)(H,49,54,56). The number of pyridine rings is 1. The lowest BCUT2D eigenvalue weighted by molar-refractivity contribution is -0.141. The summed E-state index contributed by atoms with van der Waals surface area (Å²) in [7, 11) is 3.86. The lowest BCUT2D eigenvalue weighted by atomic mass is 9.82. The molecule has 8 rings (SSSR count). The van der Waals surface area contributed by atoms with Crippen molar-refractivity contribution in [1.29, 1.82) is 0 Å². The minimum atomic E-state index is -4.72. The van der Waals surface area contributed by atoms with Crippen molar-refractivity contribution in [3.63, 3.8) is 0 Å². The summed E-state index contributed by atoms with van der Waals surface area (Å²) in [6.07, 6.45) is 1.43. The first-order chi connectivity index (χ1) is 27.7. The van der Waals surface area contributed by atoms with E-state index in [4.69, 9.17) is 16.6 Å². The molecule has 3 aliphatic rings. The van der Waals surface area contributed by atoms with Gasteiger partial charge in [-0.15, -0.1) is 11.3 Å². The van der Waals surface area contributed by atoms with Gasteiger partial charge < -0.3 is 15.1 Å². The molecule has 0 bridgehead atoms. The number of halogens is 5. The van der Waals surface area contributed by atoms with Crippen molar-refractivity contribution in [3.8, 4) is 0 Å². The smallest absolute Gasteiger partial charge is 0.370 e. The van der Waals surface area contributed by atoms with E-state index < -0.39 is 41.2 Å². The highest BCUT2D eigenvalue weighted by Crippen LogP contribution is 2.41. The van der Waals surface area contributed by atoms with Gasteiger partial charge >= 0.3 is 11.9 Å². The number of piperidine rings is 2. The molecular weight excluding hydrogens is 800 g/mol. The van der Waals surface area contributed by atoms with Crippen LogP contribution in [0.2, 0.25) is 5.02 Å². The molecule has 2 aliphatic heterocycles. The first-order valence-corrected chi connectivity index (χ1v) is 20.5. The zero-order valence-electron chi connectivity index (χ0n) is 31.7. The monoisotopic (exact) mass is 840 g/mol. The van der Waals surface area contributed by atoms with Gasteiger partial charge in [-0.25, -0.2) is 19.2 Å². The predicted octanol–water partition coefficient (Wildman–Crippen LogP) is 7.26. The van der Waals surface area contributed by atoms with E-state index in [1.807, 2.05) is 6.07 Å². The second-order valence-corrected chi connectivity index (χ2v) is 17.0. The number of fused-ring (bicyclic) bond motifs is 2. The number of nitrogens with one attached hydrogen (secondary N) is 2.